The van der Waals surface area contributed by atoms with Gasteiger partial charge in [0.05, 0.1) is 5.56 Å². The molecule has 5 nitrogen and oxygen atoms in total. The smallest absolute Gasteiger partial charge is 0.308 e. The summed E-state index contributed by atoms with van der Waals surface area (Å²) in [6.45, 7) is 1.35. The van der Waals surface area contributed by atoms with E-state index in [0.717, 1.165) is 11.3 Å². The number of carbonyl (C=O) groups excluding carboxylic acids is 2. The maximum absolute atomic E-state index is 12.1. The molecule has 5 heteroatoms. The molecule has 0 spiro atoms. The van der Waals surface area contributed by atoms with Crippen LogP contribution in [0.3, 0.4) is 0 Å². The molecule has 1 aliphatic rings. The minimum Gasteiger partial charge on any atom is -0.427 e. The quantitative estimate of drug-likeness (QED) is 0.656. The summed E-state index contributed by atoms with van der Waals surface area (Å²) in [6, 6.07) is 14.4. The monoisotopic (exact) mass is 282 g/mol. The van der Waals surface area contributed by atoms with Crippen molar-refractivity contribution in [1.29, 1.82) is 0 Å². The summed E-state index contributed by atoms with van der Waals surface area (Å²) < 4.78 is 4.99. The van der Waals surface area contributed by atoms with Crippen LogP contribution in [0.5, 0.6) is 5.75 Å². The number of benzene rings is 2. The zero-order chi connectivity index (χ0) is 14.8. The zero-order valence-corrected chi connectivity index (χ0v) is 11.4. The molecule has 2 N–H and O–H groups in total. The summed E-state index contributed by atoms with van der Waals surface area (Å²) in [5.41, 5.74) is 2.31. The Kier molecular flexibility index (Phi) is 3.31. The normalized spacial score (nSPS) is 16.4. The van der Waals surface area contributed by atoms with Crippen LogP contribution in [-0.2, 0) is 4.79 Å². The molecule has 106 valence electrons. The predicted molar refractivity (Wildman–Crippen MR) is 78.0 cm³/mol. The first kappa shape index (κ1) is 13.2. The lowest BCUT2D eigenvalue weighted by atomic mass is 10.1. The van der Waals surface area contributed by atoms with E-state index in [1.165, 1.54) is 6.92 Å². The van der Waals surface area contributed by atoms with Gasteiger partial charge in [-0.15, -0.1) is 0 Å². The Morgan fingerprint density at radius 3 is 2.48 bits per heavy atom. The molecule has 1 amide bonds. The molecular formula is C16H14N2O3. The van der Waals surface area contributed by atoms with Crippen LogP contribution in [0.1, 0.15) is 29.0 Å². The summed E-state index contributed by atoms with van der Waals surface area (Å²) in [4.78, 5) is 22.9. The first-order valence-corrected chi connectivity index (χ1v) is 6.58. The second-order valence-corrected chi connectivity index (χ2v) is 4.76. The highest BCUT2D eigenvalue weighted by molar-refractivity contribution is 6.01. The molecule has 0 saturated carbocycles. The lowest BCUT2D eigenvalue weighted by Gasteiger charge is -2.28. The van der Waals surface area contributed by atoms with Gasteiger partial charge in [0.1, 0.15) is 11.9 Å². The molecule has 0 bridgehead atoms. The lowest BCUT2D eigenvalue weighted by Crippen LogP contribution is -2.38. The number of fused-ring (bicyclic) bond motifs is 1. The van der Waals surface area contributed by atoms with Gasteiger partial charge in [-0.3, -0.25) is 9.59 Å². The topological polar surface area (TPSA) is 67.4 Å². The van der Waals surface area contributed by atoms with Crippen molar-refractivity contribution in [1.82, 2.24) is 5.32 Å². The summed E-state index contributed by atoms with van der Waals surface area (Å²) in [7, 11) is 0. The average Bonchev–Trinajstić information content (AvgIpc) is 2.47. The number of nitrogens with one attached hydrogen (secondary N) is 2. The maximum atomic E-state index is 12.1. The van der Waals surface area contributed by atoms with Gasteiger partial charge in [-0.2, -0.15) is 0 Å². The summed E-state index contributed by atoms with van der Waals surface area (Å²) >= 11 is 0. The fourth-order valence-electron chi connectivity index (χ4n) is 2.27. The van der Waals surface area contributed by atoms with Crippen LogP contribution in [0.4, 0.5) is 5.69 Å². The highest BCUT2D eigenvalue weighted by atomic mass is 16.5. The molecule has 0 aromatic heterocycles. The number of esters is 1. The third kappa shape index (κ3) is 2.72. The highest BCUT2D eigenvalue weighted by Crippen LogP contribution is 2.27. The Hall–Kier alpha value is -2.82. The molecular weight excluding hydrogens is 268 g/mol. The Bertz CT molecular complexity index is 695. The predicted octanol–water partition coefficient (Wildman–Crippen LogP) is 2.47. The van der Waals surface area contributed by atoms with Crippen LogP contribution >= 0.6 is 0 Å². The van der Waals surface area contributed by atoms with Crippen molar-refractivity contribution >= 4 is 17.6 Å². The van der Waals surface area contributed by atoms with Gasteiger partial charge in [0.15, 0.2) is 0 Å². The molecule has 2 aromatic carbocycles. The van der Waals surface area contributed by atoms with Gasteiger partial charge in [-0.1, -0.05) is 24.3 Å². The van der Waals surface area contributed by atoms with E-state index < -0.39 is 0 Å². The number of rotatable bonds is 2. The van der Waals surface area contributed by atoms with Crippen molar-refractivity contribution < 1.29 is 14.3 Å². The van der Waals surface area contributed by atoms with Crippen LogP contribution in [0, 0.1) is 0 Å². The van der Waals surface area contributed by atoms with E-state index in [2.05, 4.69) is 10.6 Å². The highest BCUT2D eigenvalue weighted by Gasteiger charge is 2.23. The Labute approximate surface area is 121 Å². The van der Waals surface area contributed by atoms with Crippen molar-refractivity contribution in [3.8, 4) is 5.75 Å². The van der Waals surface area contributed by atoms with Gasteiger partial charge >= 0.3 is 5.97 Å². The number of carbonyl (C=O) groups is 2. The molecule has 3 rings (SSSR count). The van der Waals surface area contributed by atoms with Gasteiger partial charge in [0.2, 0.25) is 0 Å². The number of anilines is 1. The summed E-state index contributed by atoms with van der Waals surface area (Å²) in [6.07, 6.45) is -0.307. The largest absolute Gasteiger partial charge is 0.427 e. The van der Waals surface area contributed by atoms with E-state index in [-0.39, 0.29) is 18.0 Å². The Balaban J connectivity index is 1.82. The van der Waals surface area contributed by atoms with Crippen LogP contribution in [0.25, 0.3) is 0 Å². The maximum Gasteiger partial charge on any atom is 0.308 e. The molecule has 1 aliphatic heterocycles. The number of hydrogen-bond donors (Lipinski definition) is 2. The molecule has 1 atom stereocenters. The number of ether oxygens (including phenoxy) is 1. The van der Waals surface area contributed by atoms with E-state index in [0.29, 0.717) is 11.3 Å². The van der Waals surface area contributed by atoms with E-state index in [1.807, 2.05) is 30.3 Å². The van der Waals surface area contributed by atoms with E-state index in [9.17, 15) is 9.59 Å². The molecule has 1 heterocycles. The first-order chi connectivity index (χ1) is 10.1. The SMILES string of the molecule is CC(=O)Oc1ccc([C@H]2NC(=O)c3ccccc3N2)cc1. The van der Waals surface area contributed by atoms with E-state index >= 15 is 0 Å². The second kappa shape index (κ2) is 5.28. The Morgan fingerprint density at radius 1 is 1.05 bits per heavy atom. The van der Waals surface area contributed by atoms with Crippen molar-refractivity contribution in [2.45, 2.75) is 13.1 Å². The van der Waals surface area contributed by atoms with E-state index in [4.69, 9.17) is 4.74 Å². The lowest BCUT2D eigenvalue weighted by molar-refractivity contribution is -0.131. The minimum atomic E-state index is -0.360. The van der Waals surface area contributed by atoms with Crippen molar-refractivity contribution in [2.75, 3.05) is 5.32 Å². The fraction of sp³-hybridized carbons (Fsp3) is 0.125. The van der Waals surface area contributed by atoms with Gasteiger partial charge in [-0.25, -0.2) is 0 Å². The molecule has 0 fully saturated rings. The third-order valence-electron chi connectivity index (χ3n) is 3.22. The number of hydrogen-bond acceptors (Lipinski definition) is 4. The Morgan fingerprint density at radius 2 is 1.76 bits per heavy atom. The van der Waals surface area contributed by atoms with Gasteiger partial charge in [0, 0.05) is 12.6 Å². The van der Waals surface area contributed by atoms with Crippen LogP contribution < -0.4 is 15.4 Å². The van der Waals surface area contributed by atoms with Crippen molar-refractivity contribution in [2.24, 2.45) is 0 Å². The van der Waals surface area contributed by atoms with Crippen LogP contribution in [-0.4, -0.2) is 11.9 Å². The molecule has 0 saturated heterocycles. The molecule has 0 radical (unpaired) electrons. The third-order valence-corrected chi connectivity index (χ3v) is 3.22. The van der Waals surface area contributed by atoms with Crippen LogP contribution in [0.15, 0.2) is 48.5 Å². The van der Waals surface area contributed by atoms with Crippen LogP contribution in [0.2, 0.25) is 0 Å². The standard InChI is InChI=1S/C16H14N2O3/c1-10(19)21-12-8-6-11(7-9-12)15-17-14-5-3-2-4-13(14)16(20)18-15/h2-9,15,17H,1H3,(H,18,20)/t15-/m1/s1. The number of amides is 1. The first-order valence-electron chi connectivity index (χ1n) is 6.58. The molecule has 0 unspecified atom stereocenters. The minimum absolute atomic E-state index is 0.113. The molecule has 2 aromatic rings. The zero-order valence-electron chi connectivity index (χ0n) is 11.4. The second-order valence-electron chi connectivity index (χ2n) is 4.76. The van der Waals surface area contributed by atoms with Crippen molar-refractivity contribution in [3.63, 3.8) is 0 Å². The molecule has 21 heavy (non-hydrogen) atoms. The van der Waals surface area contributed by atoms with Gasteiger partial charge in [-0.05, 0) is 29.8 Å². The van der Waals surface area contributed by atoms with Gasteiger partial charge < -0.3 is 15.4 Å². The van der Waals surface area contributed by atoms with E-state index in [1.54, 1.807) is 18.2 Å². The summed E-state index contributed by atoms with van der Waals surface area (Å²) in [5.74, 6) is 0.00738. The summed E-state index contributed by atoms with van der Waals surface area (Å²) in [5, 5.41) is 6.16. The molecule has 0 aliphatic carbocycles. The van der Waals surface area contributed by atoms with Crippen molar-refractivity contribution in [3.05, 3.63) is 59.7 Å². The average molecular weight is 282 g/mol. The van der Waals surface area contributed by atoms with Gasteiger partial charge in [0.25, 0.3) is 5.91 Å². The number of para-hydroxylation sites is 1. The fourth-order valence-corrected chi connectivity index (χ4v) is 2.27.